The molecule has 5 heteroatoms. The van der Waals surface area contributed by atoms with E-state index in [-0.39, 0.29) is 12.4 Å². The van der Waals surface area contributed by atoms with Crippen molar-refractivity contribution in [2.75, 3.05) is 21.3 Å². The Kier molecular flexibility index (Phi) is 4.44. The van der Waals surface area contributed by atoms with Crippen molar-refractivity contribution in [3.05, 3.63) is 58.1 Å². The molecule has 0 aromatic heterocycles. The van der Waals surface area contributed by atoms with Crippen molar-refractivity contribution in [3.8, 4) is 22.6 Å². The minimum absolute atomic E-state index is 0.185. The Morgan fingerprint density at radius 3 is 2.41 bits per heavy atom. The van der Waals surface area contributed by atoms with Gasteiger partial charge in [-0.05, 0) is 64.4 Å². The van der Waals surface area contributed by atoms with Crippen LogP contribution in [-0.2, 0) is 22.4 Å². The number of benzene rings is 3. The molecule has 0 unspecified atom stereocenters. The molecule has 4 rings (SSSR count). The van der Waals surface area contributed by atoms with Crippen molar-refractivity contribution in [2.24, 2.45) is 0 Å². The van der Waals surface area contributed by atoms with Crippen LogP contribution in [-0.4, -0.2) is 27.3 Å². The maximum absolute atomic E-state index is 12.1. The lowest BCUT2D eigenvalue weighted by atomic mass is 9.92. The normalized spacial score (nSPS) is 11.9. The van der Waals surface area contributed by atoms with Gasteiger partial charge in [0.1, 0.15) is 11.5 Å². The third-order valence-electron chi connectivity index (χ3n) is 5.17. The molecule has 1 aliphatic carbocycles. The molecule has 0 bridgehead atoms. The Balaban J connectivity index is 2.03. The molecule has 0 heterocycles. The zero-order valence-electron chi connectivity index (χ0n) is 15.4. The van der Waals surface area contributed by atoms with Gasteiger partial charge in [-0.2, -0.15) is 0 Å². The van der Waals surface area contributed by atoms with Crippen LogP contribution in [0.15, 0.2) is 36.4 Å². The molecule has 0 radical (unpaired) electrons. The second-order valence-electron chi connectivity index (χ2n) is 6.51. The molecule has 0 amide bonds. The molecule has 0 spiro atoms. The number of hydrogen-bond acceptors (Lipinski definition) is 4. The summed E-state index contributed by atoms with van der Waals surface area (Å²) in [4.78, 5) is 12.1. The number of carbonyl (C=O) groups is 1. The molecule has 1 aliphatic rings. The van der Waals surface area contributed by atoms with Gasteiger partial charge in [-0.3, -0.25) is 4.79 Å². The van der Waals surface area contributed by atoms with E-state index in [4.69, 9.17) is 25.8 Å². The number of carbonyl (C=O) groups excluding carboxylic acids is 1. The maximum atomic E-state index is 12.1. The highest BCUT2D eigenvalue weighted by Gasteiger charge is 2.28. The molecule has 3 aromatic carbocycles. The largest absolute Gasteiger partial charge is 0.497 e. The van der Waals surface area contributed by atoms with E-state index in [1.165, 1.54) is 7.11 Å². The lowest BCUT2D eigenvalue weighted by molar-refractivity contribution is -0.139. The molecule has 27 heavy (non-hydrogen) atoms. The van der Waals surface area contributed by atoms with Gasteiger partial charge in [-0.15, -0.1) is 0 Å². The smallest absolute Gasteiger partial charge is 0.310 e. The Hall–Kier alpha value is -2.72. The van der Waals surface area contributed by atoms with Gasteiger partial charge in [0.25, 0.3) is 0 Å². The summed E-state index contributed by atoms with van der Waals surface area (Å²) in [5, 5.41) is 2.52. The van der Waals surface area contributed by atoms with Gasteiger partial charge in [-0.1, -0.05) is 17.7 Å². The number of fused-ring (bicyclic) bond motifs is 4. The standard InChI is InChI=1S/C22H19ClO4/c1-25-13-4-6-15-12(8-13)9-19-18(11-20(24)27-3)17-10-14(26-2)5-7-16(17)22(23)21(15)19/h4-8,10H,9,11H2,1-3H3. The molecule has 0 fully saturated rings. The summed E-state index contributed by atoms with van der Waals surface area (Å²) >= 11 is 6.84. The van der Waals surface area contributed by atoms with Crippen LogP contribution in [0.2, 0.25) is 5.02 Å². The second kappa shape index (κ2) is 6.78. The van der Waals surface area contributed by atoms with Gasteiger partial charge in [0.15, 0.2) is 0 Å². The quantitative estimate of drug-likeness (QED) is 0.476. The van der Waals surface area contributed by atoms with Crippen LogP contribution in [0.1, 0.15) is 16.7 Å². The van der Waals surface area contributed by atoms with Crippen molar-refractivity contribution in [1.82, 2.24) is 0 Å². The average molecular weight is 383 g/mol. The van der Waals surface area contributed by atoms with Crippen LogP contribution in [0.4, 0.5) is 0 Å². The summed E-state index contributed by atoms with van der Waals surface area (Å²) in [6.07, 6.45) is 0.881. The maximum Gasteiger partial charge on any atom is 0.310 e. The number of hydrogen-bond donors (Lipinski definition) is 0. The van der Waals surface area contributed by atoms with Crippen molar-refractivity contribution in [3.63, 3.8) is 0 Å². The lowest BCUT2D eigenvalue weighted by Crippen LogP contribution is -2.08. The van der Waals surface area contributed by atoms with Gasteiger partial charge < -0.3 is 14.2 Å². The van der Waals surface area contributed by atoms with Gasteiger partial charge in [0.05, 0.1) is 32.8 Å². The van der Waals surface area contributed by atoms with Gasteiger partial charge in [0.2, 0.25) is 0 Å². The molecule has 0 aliphatic heterocycles. The molecule has 0 saturated carbocycles. The summed E-state index contributed by atoms with van der Waals surface area (Å²) in [7, 11) is 4.68. The molecule has 3 aromatic rings. The molecule has 138 valence electrons. The topological polar surface area (TPSA) is 44.8 Å². The molecule has 4 nitrogen and oxygen atoms in total. The lowest BCUT2D eigenvalue weighted by Gasteiger charge is -2.16. The Bertz CT molecular complexity index is 1070. The molecular formula is C22H19ClO4. The highest BCUT2D eigenvalue weighted by atomic mass is 35.5. The summed E-state index contributed by atoms with van der Waals surface area (Å²) in [5.74, 6) is 1.25. The first-order valence-corrected chi connectivity index (χ1v) is 9.00. The van der Waals surface area contributed by atoms with E-state index in [1.807, 2.05) is 36.4 Å². The Morgan fingerprint density at radius 1 is 1.00 bits per heavy atom. The zero-order valence-corrected chi connectivity index (χ0v) is 16.1. The summed E-state index contributed by atoms with van der Waals surface area (Å²) in [6, 6.07) is 11.7. The zero-order chi connectivity index (χ0) is 19.1. The Labute approximate surface area is 162 Å². The van der Waals surface area contributed by atoms with Gasteiger partial charge in [-0.25, -0.2) is 0 Å². The van der Waals surface area contributed by atoms with Crippen molar-refractivity contribution in [1.29, 1.82) is 0 Å². The fourth-order valence-electron chi connectivity index (χ4n) is 3.84. The van der Waals surface area contributed by atoms with Crippen molar-refractivity contribution in [2.45, 2.75) is 12.8 Å². The highest BCUT2D eigenvalue weighted by molar-refractivity contribution is 6.39. The minimum atomic E-state index is -0.280. The average Bonchev–Trinajstić information content (AvgIpc) is 3.09. The van der Waals surface area contributed by atoms with E-state index in [0.29, 0.717) is 11.4 Å². The van der Waals surface area contributed by atoms with Crippen LogP contribution in [0.5, 0.6) is 11.5 Å². The van der Waals surface area contributed by atoms with Crippen LogP contribution in [0.3, 0.4) is 0 Å². The first kappa shape index (κ1) is 17.7. The molecular weight excluding hydrogens is 364 g/mol. The summed E-state index contributed by atoms with van der Waals surface area (Å²) in [6.45, 7) is 0. The number of rotatable bonds is 4. The van der Waals surface area contributed by atoms with Crippen LogP contribution < -0.4 is 9.47 Å². The van der Waals surface area contributed by atoms with E-state index in [0.717, 1.165) is 50.1 Å². The summed E-state index contributed by atoms with van der Waals surface area (Å²) in [5.41, 5.74) is 5.21. The third kappa shape index (κ3) is 2.81. The van der Waals surface area contributed by atoms with E-state index in [9.17, 15) is 4.79 Å². The molecule has 0 atom stereocenters. The van der Waals surface area contributed by atoms with Crippen LogP contribution in [0, 0.1) is 0 Å². The fraction of sp³-hybridized carbons (Fsp3) is 0.227. The number of ether oxygens (including phenoxy) is 3. The highest BCUT2D eigenvalue weighted by Crippen LogP contribution is 2.48. The number of methoxy groups -OCH3 is 3. The van der Waals surface area contributed by atoms with Crippen LogP contribution >= 0.6 is 11.6 Å². The minimum Gasteiger partial charge on any atom is -0.497 e. The predicted octanol–water partition coefficient (Wildman–Crippen LogP) is 4.80. The van der Waals surface area contributed by atoms with Crippen LogP contribution in [0.25, 0.3) is 21.9 Å². The summed E-state index contributed by atoms with van der Waals surface area (Å²) < 4.78 is 15.7. The van der Waals surface area contributed by atoms with E-state index in [2.05, 4.69) is 0 Å². The first-order valence-electron chi connectivity index (χ1n) is 8.62. The number of halogens is 1. The monoisotopic (exact) mass is 382 g/mol. The molecule has 0 saturated heterocycles. The molecule has 0 N–H and O–H groups in total. The van der Waals surface area contributed by atoms with Gasteiger partial charge >= 0.3 is 5.97 Å². The number of esters is 1. The third-order valence-corrected chi connectivity index (χ3v) is 5.56. The first-order chi connectivity index (χ1) is 13.1. The SMILES string of the molecule is COC(=O)Cc1c2c(c(Cl)c3ccc(OC)cc13)-c1ccc(OC)cc1C2. The van der Waals surface area contributed by atoms with Crippen molar-refractivity contribution < 1.29 is 19.0 Å². The Morgan fingerprint density at radius 2 is 1.70 bits per heavy atom. The van der Waals surface area contributed by atoms with Crippen molar-refractivity contribution >= 4 is 28.3 Å². The predicted molar refractivity (Wildman–Crippen MR) is 106 cm³/mol. The van der Waals surface area contributed by atoms with E-state index in [1.54, 1.807) is 14.2 Å². The fourth-order valence-corrected chi connectivity index (χ4v) is 4.22. The van der Waals surface area contributed by atoms with Gasteiger partial charge in [0, 0.05) is 10.9 Å². The second-order valence-corrected chi connectivity index (χ2v) is 6.89. The van der Waals surface area contributed by atoms with E-state index < -0.39 is 0 Å². The van der Waals surface area contributed by atoms with E-state index >= 15 is 0 Å².